The summed E-state index contributed by atoms with van der Waals surface area (Å²) >= 11 is 1.12. The Morgan fingerprint density at radius 2 is 2.24 bits per heavy atom. The van der Waals surface area contributed by atoms with Crippen LogP contribution in [-0.4, -0.2) is 22.0 Å². The number of thiazole rings is 1. The molecule has 0 radical (unpaired) electrons. The first-order valence-corrected chi connectivity index (χ1v) is 7.84. The minimum atomic E-state index is -0.975. The smallest absolute Gasteiger partial charge is 0.347 e. The monoisotopic (exact) mass is 308 g/mol. The van der Waals surface area contributed by atoms with Gasteiger partial charge in [0.05, 0.1) is 17.2 Å². The average Bonchev–Trinajstić information content (AvgIpc) is 2.76. The van der Waals surface area contributed by atoms with Gasteiger partial charge in [-0.1, -0.05) is 12.5 Å². The number of rotatable bonds is 6. The number of nitrogens with one attached hydrogen (secondary N) is 1. The van der Waals surface area contributed by atoms with Crippen LogP contribution in [0.4, 0.5) is 0 Å². The second kappa shape index (κ2) is 5.97. The van der Waals surface area contributed by atoms with Crippen molar-refractivity contribution in [3.8, 4) is 0 Å². The van der Waals surface area contributed by atoms with E-state index in [0.717, 1.165) is 30.6 Å². The zero-order valence-corrected chi connectivity index (χ0v) is 13.1. The van der Waals surface area contributed by atoms with E-state index in [4.69, 9.17) is 5.11 Å². The predicted molar refractivity (Wildman–Crippen MR) is 81.5 cm³/mol. The number of allylic oxidation sites excluding steroid dienone is 1. The molecule has 1 aliphatic carbocycles. The van der Waals surface area contributed by atoms with E-state index in [1.54, 1.807) is 13.0 Å². The van der Waals surface area contributed by atoms with Crippen molar-refractivity contribution in [1.29, 1.82) is 0 Å². The molecule has 0 aliphatic heterocycles. The van der Waals surface area contributed by atoms with Crippen molar-refractivity contribution in [1.82, 2.24) is 10.3 Å². The zero-order valence-electron chi connectivity index (χ0n) is 12.3. The van der Waals surface area contributed by atoms with Crippen molar-refractivity contribution in [3.63, 3.8) is 0 Å². The second-order valence-corrected chi connectivity index (χ2v) is 6.62. The summed E-state index contributed by atoms with van der Waals surface area (Å²) in [5.74, 6) is -0.956. The van der Waals surface area contributed by atoms with Gasteiger partial charge in [-0.25, -0.2) is 9.78 Å². The van der Waals surface area contributed by atoms with Gasteiger partial charge in [-0.05, 0) is 33.1 Å². The van der Waals surface area contributed by atoms with E-state index in [2.05, 4.69) is 16.9 Å². The summed E-state index contributed by atoms with van der Waals surface area (Å²) in [6, 6.07) is -0.281. The summed E-state index contributed by atoms with van der Waals surface area (Å²) in [6.07, 6.45) is 5.31. The van der Waals surface area contributed by atoms with E-state index in [9.17, 15) is 9.59 Å². The summed E-state index contributed by atoms with van der Waals surface area (Å²) < 4.78 is 0. The fourth-order valence-corrected chi connectivity index (χ4v) is 3.52. The maximum Gasteiger partial charge on any atom is 0.347 e. The lowest BCUT2D eigenvalue weighted by Gasteiger charge is -2.40. The summed E-state index contributed by atoms with van der Waals surface area (Å²) in [6.45, 7) is 7.23. The number of aryl methyl sites for hydroxylation is 1. The van der Waals surface area contributed by atoms with Gasteiger partial charge < -0.3 is 10.4 Å². The Labute approximate surface area is 128 Å². The van der Waals surface area contributed by atoms with Crippen LogP contribution in [0.15, 0.2) is 12.7 Å². The number of hydrogen-bond acceptors (Lipinski definition) is 4. The van der Waals surface area contributed by atoms with Gasteiger partial charge >= 0.3 is 5.97 Å². The standard InChI is InChI=1S/C15H20N2O3S/c1-4-6-15(7-5-8-15)14(20)17-10(3)12-16-9(2)11(21-12)13(18)19/h4,10H,1,5-8H2,2-3H3,(H,17,20)(H,18,19). The fraction of sp³-hybridized carbons (Fsp3) is 0.533. The van der Waals surface area contributed by atoms with Crippen LogP contribution in [0, 0.1) is 12.3 Å². The molecule has 5 nitrogen and oxygen atoms in total. The first-order valence-electron chi connectivity index (χ1n) is 7.02. The van der Waals surface area contributed by atoms with Crippen LogP contribution < -0.4 is 5.32 Å². The van der Waals surface area contributed by atoms with E-state index in [0.29, 0.717) is 17.1 Å². The number of carboxylic acids is 1. The number of nitrogens with zero attached hydrogens (tertiary/aromatic N) is 1. The molecule has 1 aromatic rings. The van der Waals surface area contributed by atoms with Crippen LogP contribution in [0.1, 0.15) is 59.0 Å². The summed E-state index contributed by atoms with van der Waals surface area (Å²) in [5, 5.41) is 12.7. The quantitative estimate of drug-likeness (QED) is 0.792. The van der Waals surface area contributed by atoms with Crippen LogP contribution in [-0.2, 0) is 4.79 Å². The Morgan fingerprint density at radius 1 is 1.57 bits per heavy atom. The summed E-state index contributed by atoms with van der Waals surface area (Å²) in [4.78, 5) is 28.0. The number of aromatic carboxylic acids is 1. The van der Waals surface area contributed by atoms with Crippen LogP contribution in [0.25, 0.3) is 0 Å². The third-order valence-corrected chi connectivity index (χ3v) is 5.38. The fourth-order valence-electron chi connectivity index (χ4n) is 2.62. The molecule has 1 heterocycles. The molecule has 1 unspecified atom stereocenters. The number of carbonyl (C=O) groups excluding carboxylic acids is 1. The van der Waals surface area contributed by atoms with E-state index >= 15 is 0 Å². The molecule has 1 saturated carbocycles. The molecule has 0 saturated heterocycles. The Hall–Kier alpha value is -1.69. The highest BCUT2D eigenvalue weighted by atomic mass is 32.1. The summed E-state index contributed by atoms with van der Waals surface area (Å²) in [5.41, 5.74) is 0.172. The molecule has 0 spiro atoms. The third kappa shape index (κ3) is 3.00. The Morgan fingerprint density at radius 3 is 2.67 bits per heavy atom. The van der Waals surface area contributed by atoms with Gasteiger partial charge in [0.1, 0.15) is 9.88 Å². The summed E-state index contributed by atoms with van der Waals surface area (Å²) in [7, 11) is 0. The zero-order chi connectivity index (χ0) is 15.6. The third-order valence-electron chi connectivity index (χ3n) is 4.05. The van der Waals surface area contributed by atoms with Crippen molar-refractivity contribution in [2.45, 2.75) is 45.6 Å². The normalized spacial score (nSPS) is 17.6. The molecule has 1 fully saturated rings. The minimum absolute atomic E-state index is 0.0193. The van der Waals surface area contributed by atoms with Crippen LogP contribution in [0.3, 0.4) is 0 Å². The molecule has 21 heavy (non-hydrogen) atoms. The van der Waals surface area contributed by atoms with E-state index in [-0.39, 0.29) is 22.2 Å². The highest BCUT2D eigenvalue weighted by molar-refractivity contribution is 7.13. The van der Waals surface area contributed by atoms with E-state index in [1.165, 1.54) is 0 Å². The van der Waals surface area contributed by atoms with Crippen LogP contribution in [0.5, 0.6) is 0 Å². The topological polar surface area (TPSA) is 79.3 Å². The Balaban J connectivity index is 2.09. The first kappa shape index (κ1) is 15.7. The maximum atomic E-state index is 12.4. The van der Waals surface area contributed by atoms with Gasteiger partial charge in [0.25, 0.3) is 0 Å². The van der Waals surface area contributed by atoms with Gasteiger partial charge in [0, 0.05) is 0 Å². The van der Waals surface area contributed by atoms with Crippen molar-refractivity contribution in [3.05, 3.63) is 28.2 Å². The van der Waals surface area contributed by atoms with Gasteiger partial charge in [0.15, 0.2) is 0 Å². The van der Waals surface area contributed by atoms with Crippen molar-refractivity contribution in [2.24, 2.45) is 5.41 Å². The highest BCUT2D eigenvalue weighted by Crippen LogP contribution is 2.44. The molecular formula is C15H20N2O3S. The lowest BCUT2D eigenvalue weighted by molar-refractivity contribution is -0.136. The number of amides is 1. The average molecular weight is 308 g/mol. The van der Waals surface area contributed by atoms with Gasteiger partial charge in [-0.2, -0.15) is 0 Å². The van der Waals surface area contributed by atoms with Gasteiger partial charge in [-0.15, -0.1) is 17.9 Å². The van der Waals surface area contributed by atoms with Gasteiger partial charge in [0.2, 0.25) is 5.91 Å². The lowest BCUT2D eigenvalue weighted by atomic mass is 9.66. The molecule has 114 valence electrons. The van der Waals surface area contributed by atoms with Crippen LogP contribution in [0.2, 0.25) is 0 Å². The molecule has 2 rings (SSSR count). The molecule has 1 amide bonds. The minimum Gasteiger partial charge on any atom is -0.477 e. The molecule has 1 atom stereocenters. The van der Waals surface area contributed by atoms with Crippen molar-refractivity contribution >= 4 is 23.2 Å². The number of hydrogen-bond donors (Lipinski definition) is 2. The second-order valence-electron chi connectivity index (χ2n) is 5.59. The van der Waals surface area contributed by atoms with Crippen molar-refractivity contribution in [2.75, 3.05) is 0 Å². The number of carbonyl (C=O) groups is 2. The highest BCUT2D eigenvalue weighted by Gasteiger charge is 2.43. The van der Waals surface area contributed by atoms with E-state index < -0.39 is 5.97 Å². The SMILES string of the molecule is C=CCC1(C(=O)NC(C)c2nc(C)c(C(=O)O)s2)CCC1. The van der Waals surface area contributed by atoms with Crippen LogP contribution >= 0.6 is 11.3 Å². The Kier molecular flexibility index (Phi) is 4.46. The molecule has 0 bridgehead atoms. The largest absolute Gasteiger partial charge is 0.477 e. The molecule has 6 heteroatoms. The molecular weight excluding hydrogens is 288 g/mol. The molecule has 0 aromatic carbocycles. The first-order chi connectivity index (χ1) is 9.89. The lowest BCUT2D eigenvalue weighted by Crippen LogP contribution is -2.46. The Bertz CT molecular complexity index is 575. The number of aromatic nitrogens is 1. The predicted octanol–water partition coefficient (Wildman–Crippen LogP) is 3.07. The molecule has 1 aromatic heterocycles. The van der Waals surface area contributed by atoms with Crippen molar-refractivity contribution < 1.29 is 14.7 Å². The molecule has 1 aliphatic rings. The van der Waals surface area contributed by atoms with E-state index in [1.807, 2.05) is 6.92 Å². The number of carboxylic acid groups (broad SMARTS) is 1. The molecule has 2 N–H and O–H groups in total. The van der Waals surface area contributed by atoms with Gasteiger partial charge in [-0.3, -0.25) is 4.79 Å². The maximum absolute atomic E-state index is 12.4.